The number of amides is 3. The third-order valence-electron chi connectivity index (χ3n) is 7.70. The molecule has 0 spiro atoms. The van der Waals surface area contributed by atoms with E-state index in [0.717, 1.165) is 4.90 Å². The Balaban J connectivity index is 1.29. The molecule has 0 saturated heterocycles. The second-order valence-corrected chi connectivity index (χ2v) is 10.4. The van der Waals surface area contributed by atoms with Crippen molar-refractivity contribution in [3.8, 4) is 23.0 Å². The Morgan fingerprint density at radius 1 is 0.822 bits per heavy atom. The maximum atomic E-state index is 15.0. The van der Waals surface area contributed by atoms with Crippen LogP contribution >= 0.6 is 0 Å². The second kappa shape index (κ2) is 11.3. The fourth-order valence-electron chi connectivity index (χ4n) is 5.51. The van der Waals surface area contributed by atoms with Gasteiger partial charge in [0.05, 0.1) is 11.3 Å². The van der Waals surface area contributed by atoms with Crippen LogP contribution in [0, 0.1) is 5.82 Å². The molecule has 0 fully saturated rings. The topological polar surface area (TPSA) is 124 Å². The lowest BCUT2D eigenvalue weighted by Crippen LogP contribution is -2.46. The van der Waals surface area contributed by atoms with Gasteiger partial charge < -0.3 is 29.2 Å². The molecule has 7 rings (SSSR count). The molecule has 0 bridgehead atoms. The predicted octanol–water partition coefficient (Wildman–Crippen LogP) is 4.22. The van der Waals surface area contributed by atoms with Crippen LogP contribution < -0.4 is 29.2 Å². The van der Waals surface area contributed by atoms with Crippen molar-refractivity contribution in [1.29, 1.82) is 0 Å². The van der Waals surface area contributed by atoms with Gasteiger partial charge in [-0.1, -0.05) is 36.4 Å². The lowest BCUT2D eigenvalue weighted by Gasteiger charge is -2.33. The van der Waals surface area contributed by atoms with E-state index in [-0.39, 0.29) is 36.9 Å². The van der Waals surface area contributed by atoms with Gasteiger partial charge in [-0.15, -0.1) is 0 Å². The van der Waals surface area contributed by atoms with Crippen molar-refractivity contribution >= 4 is 34.9 Å². The van der Waals surface area contributed by atoms with Crippen LogP contribution in [0.3, 0.4) is 0 Å². The number of ketones is 1. The Morgan fingerprint density at radius 2 is 1.49 bits per heavy atom. The van der Waals surface area contributed by atoms with E-state index in [4.69, 9.17) is 18.9 Å². The average Bonchev–Trinajstić information content (AvgIpc) is 3.77. The summed E-state index contributed by atoms with van der Waals surface area (Å²) in [5.41, 5.74) is 1.28. The summed E-state index contributed by atoms with van der Waals surface area (Å²) < 4.78 is 36.8. The summed E-state index contributed by atoms with van der Waals surface area (Å²) >= 11 is 0. The Hall–Kier alpha value is -5.91. The van der Waals surface area contributed by atoms with E-state index in [2.05, 4.69) is 5.32 Å². The first-order valence-electron chi connectivity index (χ1n) is 14.0. The summed E-state index contributed by atoms with van der Waals surface area (Å²) in [6, 6.07) is 20.5. The van der Waals surface area contributed by atoms with Crippen LogP contribution in [0.5, 0.6) is 23.0 Å². The largest absolute Gasteiger partial charge is 0.454 e. The molecule has 3 heterocycles. The van der Waals surface area contributed by atoms with Gasteiger partial charge in [-0.3, -0.25) is 24.1 Å². The fraction of sp³-hybridized carbons (Fsp3) is 0.152. The summed E-state index contributed by atoms with van der Waals surface area (Å²) in [6.07, 6.45) is 0. The number of halogens is 1. The predicted molar refractivity (Wildman–Crippen MR) is 157 cm³/mol. The van der Waals surface area contributed by atoms with E-state index in [1.807, 2.05) is 0 Å². The standard InChI is InChI=1S/C33H24FN3O8/c34-23-7-3-1-5-20(23)15-37(29(38)16-36-24-8-4-2-6-22(24)31(39)33(36)41)30(19-9-11-25-27(13-19)44-17-42-25)32(40)35-21-10-12-26-28(14-21)45-18-43-26/h1-14,30H,15-18H2,(H,35,40). The zero-order valence-corrected chi connectivity index (χ0v) is 23.5. The number of nitrogens with one attached hydrogen (secondary N) is 1. The zero-order valence-electron chi connectivity index (χ0n) is 23.5. The van der Waals surface area contributed by atoms with Gasteiger partial charge in [-0.2, -0.15) is 0 Å². The summed E-state index contributed by atoms with van der Waals surface area (Å²) in [5, 5.41) is 2.83. The van der Waals surface area contributed by atoms with E-state index >= 15 is 4.39 Å². The van der Waals surface area contributed by atoms with E-state index in [1.54, 1.807) is 60.7 Å². The molecule has 1 N–H and O–H groups in total. The average molecular weight is 610 g/mol. The molecule has 4 aromatic rings. The van der Waals surface area contributed by atoms with Gasteiger partial charge in [0.1, 0.15) is 18.4 Å². The van der Waals surface area contributed by atoms with E-state index in [9.17, 15) is 19.2 Å². The quantitative estimate of drug-likeness (QED) is 0.295. The molecular formula is C33H24FN3O8. The van der Waals surface area contributed by atoms with Crippen molar-refractivity contribution in [2.24, 2.45) is 0 Å². The van der Waals surface area contributed by atoms with Crippen molar-refractivity contribution in [2.45, 2.75) is 12.6 Å². The van der Waals surface area contributed by atoms with E-state index in [0.29, 0.717) is 34.2 Å². The number of nitrogens with zero attached hydrogens (tertiary/aromatic N) is 2. The van der Waals surface area contributed by atoms with Crippen LogP contribution in [-0.2, 0) is 20.9 Å². The molecule has 0 aromatic heterocycles. The number of hydrogen-bond donors (Lipinski definition) is 1. The molecule has 1 unspecified atom stereocenters. The number of carbonyl (C=O) groups is 4. The molecule has 12 heteroatoms. The summed E-state index contributed by atoms with van der Waals surface area (Å²) in [5.74, 6) is -1.79. The molecule has 45 heavy (non-hydrogen) atoms. The third kappa shape index (κ3) is 5.16. The maximum absolute atomic E-state index is 15.0. The molecule has 3 aliphatic rings. The minimum absolute atomic E-state index is 0.0186. The van der Waals surface area contributed by atoms with Gasteiger partial charge in [0.2, 0.25) is 19.5 Å². The minimum Gasteiger partial charge on any atom is -0.454 e. The van der Waals surface area contributed by atoms with Gasteiger partial charge in [0, 0.05) is 23.9 Å². The van der Waals surface area contributed by atoms with Crippen molar-refractivity contribution in [3.63, 3.8) is 0 Å². The van der Waals surface area contributed by atoms with E-state index in [1.165, 1.54) is 29.2 Å². The highest BCUT2D eigenvalue weighted by molar-refractivity contribution is 6.52. The van der Waals surface area contributed by atoms with Crippen LogP contribution in [0.1, 0.15) is 27.5 Å². The highest BCUT2D eigenvalue weighted by atomic mass is 19.1. The number of anilines is 2. The Kier molecular flexibility index (Phi) is 7.01. The van der Waals surface area contributed by atoms with Gasteiger partial charge >= 0.3 is 0 Å². The van der Waals surface area contributed by atoms with Crippen molar-refractivity contribution in [3.05, 3.63) is 107 Å². The maximum Gasteiger partial charge on any atom is 0.299 e. The number of hydrogen-bond acceptors (Lipinski definition) is 8. The summed E-state index contributed by atoms with van der Waals surface area (Å²) in [4.78, 5) is 56.4. The first-order valence-corrected chi connectivity index (χ1v) is 14.0. The third-order valence-corrected chi connectivity index (χ3v) is 7.70. The Bertz CT molecular complexity index is 1880. The van der Waals surface area contributed by atoms with Crippen LogP contribution in [0.15, 0.2) is 84.9 Å². The number of para-hydroxylation sites is 1. The molecule has 11 nitrogen and oxygen atoms in total. The monoisotopic (exact) mass is 609 g/mol. The lowest BCUT2D eigenvalue weighted by molar-refractivity contribution is -0.139. The highest BCUT2D eigenvalue weighted by Gasteiger charge is 2.40. The normalized spacial score (nSPS) is 14.7. The van der Waals surface area contributed by atoms with Crippen LogP contribution in [0.25, 0.3) is 0 Å². The lowest BCUT2D eigenvalue weighted by atomic mass is 10.0. The molecule has 3 aliphatic heterocycles. The molecular weight excluding hydrogens is 585 g/mol. The van der Waals surface area contributed by atoms with Gasteiger partial charge in [-0.05, 0) is 48.0 Å². The molecule has 0 radical (unpaired) electrons. The highest BCUT2D eigenvalue weighted by Crippen LogP contribution is 2.38. The van der Waals surface area contributed by atoms with Crippen LogP contribution in [0.2, 0.25) is 0 Å². The molecule has 226 valence electrons. The molecule has 3 amide bonds. The Morgan fingerprint density at radius 3 is 2.27 bits per heavy atom. The van der Waals surface area contributed by atoms with E-state index < -0.39 is 41.9 Å². The first-order chi connectivity index (χ1) is 21.9. The zero-order chi connectivity index (χ0) is 31.1. The number of carbonyl (C=O) groups excluding carboxylic acids is 4. The summed E-state index contributed by atoms with van der Waals surface area (Å²) in [6.45, 7) is -0.890. The van der Waals surface area contributed by atoms with Crippen molar-refractivity contribution in [2.75, 3.05) is 30.3 Å². The van der Waals surface area contributed by atoms with Crippen molar-refractivity contribution in [1.82, 2.24) is 4.90 Å². The minimum atomic E-state index is -1.35. The fourth-order valence-corrected chi connectivity index (χ4v) is 5.51. The number of ether oxygens (including phenoxy) is 4. The summed E-state index contributed by atoms with van der Waals surface area (Å²) in [7, 11) is 0. The molecule has 4 aromatic carbocycles. The smallest absolute Gasteiger partial charge is 0.299 e. The number of Topliss-reactive ketones (excluding diaryl/α,β-unsaturated/α-hetero) is 1. The van der Waals surface area contributed by atoms with Gasteiger partial charge in [-0.25, -0.2) is 4.39 Å². The molecule has 1 atom stereocenters. The number of rotatable bonds is 8. The van der Waals surface area contributed by atoms with Crippen molar-refractivity contribution < 1.29 is 42.5 Å². The van der Waals surface area contributed by atoms with Crippen LogP contribution in [0.4, 0.5) is 15.8 Å². The Labute approximate surface area is 255 Å². The SMILES string of the molecule is O=C1C(=O)N(CC(=O)N(Cc2ccccc2F)C(C(=O)Nc2ccc3c(c2)OCO3)c2ccc3c(c2)OCO3)c2ccccc21. The second-order valence-electron chi connectivity index (χ2n) is 10.4. The van der Waals surface area contributed by atoms with Gasteiger partial charge in [0.15, 0.2) is 23.0 Å². The molecule has 0 saturated carbocycles. The number of fused-ring (bicyclic) bond motifs is 3. The number of benzene rings is 4. The first kappa shape index (κ1) is 27.9. The van der Waals surface area contributed by atoms with Crippen LogP contribution in [-0.4, -0.2) is 48.5 Å². The van der Waals surface area contributed by atoms with Gasteiger partial charge in [0.25, 0.3) is 17.6 Å². The molecule has 0 aliphatic carbocycles.